The zero-order valence-electron chi connectivity index (χ0n) is 13.1. The van der Waals surface area contributed by atoms with E-state index in [0.717, 1.165) is 11.1 Å². The lowest BCUT2D eigenvalue weighted by Crippen LogP contribution is -2.47. The van der Waals surface area contributed by atoms with Crippen LogP contribution in [-0.4, -0.2) is 28.5 Å². The Labute approximate surface area is 143 Å². The molecule has 0 saturated carbocycles. The van der Waals surface area contributed by atoms with Crippen molar-refractivity contribution in [3.63, 3.8) is 0 Å². The molecule has 7 heteroatoms. The van der Waals surface area contributed by atoms with Gasteiger partial charge in [0, 0.05) is 24.8 Å². The van der Waals surface area contributed by atoms with Crippen LogP contribution in [0.1, 0.15) is 23.4 Å². The molecule has 0 spiro atoms. The highest BCUT2D eigenvalue weighted by Crippen LogP contribution is 2.41. The van der Waals surface area contributed by atoms with E-state index in [1.807, 2.05) is 0 Å². The highest BCUT2D eigenvalue weighted by Gasteiger charge is 2.41. The number of carbonyl (C=O) groups excluding carboxylic acids is 2. The second kappa shape index (κ2) is 7.09. The summed E-state index contributed by atoms with van der Waals surface area (Å²) >= 11 is 1.53. The summed E-state index contributed by atoms with van der Waals surface area (Å²) < 4.78 is 18.0. The molecule has 126 valence electrons. The third-order valence-corrected chi connectivity index (χ3v) is 5.20. The van der Waals surface area contributed by atoms with Gasteiger partial charge in [-0.25, -0.2) is 4.39 Å². The van der Waals surface area contributed by atoms with Crippen molar-refractivity contribution in [1.82, 2.24) is 10.2 Å². The number of benzene rings is 1. The van der Waals surface area contributed by atoms with Gasteiger partial charge in [0.25, 0.3) is 0 Å². The maximum Gasteiger partial charge on any atom is 0.243 e. The second-order valence-corrected chi connectivity index (χ2v) is 6.64. The van der Waals surface area contributed by atoms with Crippen LogP contribution in [0.5, 0.6) is 0 Å². The number of rotatable bonds is 4. The Morgan fingerprint density at radius 1 is 1.33 bits per heavy atom. The Morgan fingerprint density at radius 2 is 2.08 bits per heavy atom. The Balaban J connectivity index is 1.67. The van der Waals surface area contributed by atoms with Crippen LogP contribution < -0.4 is 5.32 Å². The largest absolute Gasteiger partial charge is 0.472 e. The average molecular weight is 348 g/mol. The van der Waals surface area contributed by atoms with Gasteiger partial charge in [0.1, 0.15) is 17.2 Å². The summed E-state index contributed by atoms with van der Waals surface area (Å²) in [6.07, 6.45) is 3.14. The summed E-state index contributed by atoms with van der Waals surface area (Å²) in [5.74, 6) is -0.172. The minimum atomic E-state index is -0.534. The van der Waals surface area contributed by atoms with Crippen molar-refractivity contribution in [3.8, 4) is 0 Å². The molecule has 2 amide bonds. The molecule has 2 aromatic rings. The molecule has 1 aliphatic heterocycles. The molecule has 0 aliphatic carbocycles. The van der Waals surface area contributed by atoms with E-state index in [1.54, 1.807) is 35.6 Å². The third kappa shape index (κ3) is 3.46. The topological polar surface area (TPSA) is 62.6 Å². The predicted molar refractivity (Wildman–Crippen MR) is 88.5 cm³/mol. The molecule has 2 unspecified atom stereocenters. The summed E-state index contributed by atoms with van der Waals surface area (Å²) in [6, 6.07) is 7.21. The van der Waals surface area contributed by atoms with E-state index in [2.05, 4.69) is 5.32 Å². The Kier molecular flexibility index (Phi) is 4.89. The van der Waals surface area contributed by atoms with E-state index in [-0.39, 0.29) is 23.0 Å². The Hall–Kier alpha value is -2.28. The van der Waals surface area contributed by atoms with Gasteiger partial charge in [-0.3, -0.25) is 9.59 Å². The van der Waals surface area contributed by atoms with Gasteiger partial charge in [0.15, 0.2) is 0 Å². The zero-order chi connectivity index (χ0) is 17.1. The summed E-state index contributed by atoms with van der Waals surface area (Å²) in [7, 11) is 0. The number of hydrogen-bond donors (Lipinski definition) is 1. The lowest BCUT2D eigenvalue weighted by molar-refractivity contribution is -0.138. The first kappa shape index (κ1) is 16.6. The number of hydrogen-bond acceptors (Lipinski definition) is 4. The van der Waals surface area contributed by atoms with Gasteiger partial charge >= 0.3 is 0 Å². The highest BCUT2D eigenvalue weighted by atomic mass is 32.2. The van der Waals surface area contributed by atoms with Crippen molar-refractivity contribution in [1.29, 1.82) is 0 Å². The fraction of sp³-hybridized carbons (Fsp3) is 0.294. The van der Waals surface area contributed by atoms with Crippen LogP contribution in [0.15, 0.2) is 47.3 Å². The first-order valence-electron chi connectivity index (χ1n) is 7.51. The van der Waals surface area contributed by atoms with Crippen LogP contribution in [-0.2, 0) is 16.1 Å². The molecule has 1 saturated heterocycles. The molecule has 3 rings (SSSR count). The molecular weight excluding hydrogens is 331 g/mol. The molecule has 1 fully saturated rings. The SMILES string of the molecule is CC(=O)N1C(C(=O)NCc2ccc(F)cc2)CSC1c1ccoc1. The van der Waals surface area contributed by atoms with Crippen LogP contribution in [0, 0.1) is 5.82 Å². The molecule has 1 aromatic carbocycles. The molecule has 24 heavy (non-hydrogen) atoms. The predicted octanol–water partition coefficient (Wildman–Crippen LogP) is 2.70. The smallest absolute Gasteiger partial charge is 0.243 e. The fourth-order valence-corrected chi connectivity index (χ4v) is 4.13. The van der Waals surface area contributed by atoms with Gasteiger partial charge in [-0.1, -0.05) is 12.1 Å². The maximum absolute atomic E-state index is 12.9. The third-order valence-electron chi connectivity index (χ3n) is 3.87. The van der Waals surface area contributed by atoms with Gasteiger partial charge < -0.3 is 14.6 Å². The van der Waals surface area contributed by atoms with Crippen molar-refractivity contribution >= 4 is 23.6 Å². The van der Waals surface area contributed by atoms with Crippen molar-refractivity contribution in [2.45, 2.75) is 24.9 Å². The Bertz CT molecular complexity index is 718. The van der Waals surface area contributed by atoms with Crippen LogP contribution in [0.25, 0.3) is 0 Å². The van der Waals surface area contributed by atoms with Crippen LogP contribution >= 0.6 is 11.8 Å². The van der Waals surface area contributed by atoms with Gasteiger partial charge in [-0.2, -0.15) is 0 Å². The number of furan rings is 1. The van der Waals surface area contributed by atoms with Crippen molar-refractivity contribution in [3.05, 3.63) is 59.8 Å². The first-order chi connectivity index (χ1) is 11.6. The molecule has 1 aliphatic rings. The fourth-order valence-electron chi connectivity index (χ4n) is 2.67. The van der Waals surface area contributed by atoms with Crippen molar-refractivity contribution < 1.29 is 18.4 Å². The average Bonchev–Trinajstić information content (AvgIpc) is 3.22. The molecule has 2 heterocycles. The monoisotopic (exact) mass is 348 g/mol. The minimum Gasteiger partial charge on any atom is -0.472 e. The number of amides is 2. The minimum absolute atomic E-state index is 0.159. The summed E-state index contributed by atoms with van der Waals surface area (Å²) in [5.41, 5.74) is 1.67. The summed E-state index contributed by atoms with van der Waals surface area (Å²) in [4.78, 5) is 26.1. The van der Waals surface area contributed by atoms with Gasteiger partial charge in [-0.05, 0) is 23.8 Å². The van der Waals surface area contributed by atoms with Crippen LogP contribution in [0.2, 0.25) is 0 Å². The van der Waals surface area contributed by atoms with Gasteiger partial charge in [-0.15, -0.1) is 11.8 Å². The molecule has 1 aromatic heterocycles. The van der Waals surface area contributed by atoms with Crippen LogP contribution in [0.3, 0.4) is 0 Å². The number of nitrogens with zero attached hydrogens (tertiary/aromatic N) is 1. The molecule has 1 N–H and O–H groups in total. The summed E-state index contributed by atoms with van der Waals surface area (Å²) in [6.45, 7) is 1.75. The van der Waals surface area contributed by atoms with E-state index in [0.29, 0.717) is 12.3 Å². The van der Waals surface area contributed by atoms with E-state index in [4.69, 9.17) is 4.42 Å². The van der Waals surface area contributed by atoms with E-state index in [9.17, 15) is 14.0 Å². The number of halogens is 1. The number of carbonyl (C=O) groups is 2. The molecular formula is C17H17FN2O3S. The normalized spacial score (nSPS) is 20.2. The van der Waals surface area contributed by atoms with Gasteiger partial charge in [0.05, 0.1) is 12.5 Å². The van der Waals surface area contributed by atoms with Gasteiger partial charge in [0.2, 0.25) is 11.8 Å². The molecule has 5 nitrogen and oxygen atoms in total. The number of nitrogens with one attached hydrogen (secondary N) is 1. The quantitative estimate of drug-likeness (QED) is 0.923. The highest BCUT2D eigenvalue weighted by molar-refractivity contribution is 7.99. The van der Waals surface area contributed by atoms with E-state index in [1.165, 1.54) is 30.8 Å². The molecule has 0 bridgehead atoms. The second-order valence-electron chi connectivity index (χ2n) is 5.53. The van der Waals surface area contributed by atoms with E-state index >= 15 is 0 Å². The lowest BCUT2D eigenvalue weighted by atomic mass is 10.2. The lowest BCUT2D eigenvalue weighted by Gasteiger charge is -2.27. The molecule has 2 atom stereocenters. The first-order valence-corrected chi connectivity index (χ1v) is 8.56. The van der Waals surface area contributed by atoms with E-state index < -0.39 is 6.04 Å². The maximum atomic E-state index is 12.9. The number of thioether (sulfide) groups is 1. The molecule has 0 radical (unpaired) electrons. The van der Waals surface area contributed by atoms with Crippen molar-refractivity contribution in [2.24, 2.45) is 0 Å². The van der Waals surface area contributed by atoms with Crippen LogP contribution in [0.4, 0.5) is 4.39 Å². The van der Waals surface area contributed by atoms with Crippen molar-refractivity contribution in [2.75, 3.05) is 5.75 Å². The summed E-state index contributed by atoms with van der Waals surface area (Å²) in [5, 5.41) is 2.60. The zero-order valence-corrected chi connectivity index (χ0v) is 13.9. The standard InChI is InChI=1S/C17H17FN2O3S/c1-11(21)20-15(10-24-17(20)13-6-7-23-9-13)16(22)19-8-12-2-4-14(18)5-3-12/h2-7,9,15,17H,8,10H2,1H3,(H,19,22). The Morgan fingerprint density at radius 3 is 2.71 bits per heavy atom.